The van der Waals surface area contributed by atoms with Crippen LogP contribution in [0.3, 0.4) is 0 Å². The molecule has 1 aromatic carbocycles. The van der Waals surface area contributed by atoms with E-state index in [-0.39, 0.29) is 11.2 Å². The first kappa shape index (κ1) is 14.8. The van der Waals surface area contributed by atoms with E-state index in [1.54, 1.807) is 42.6 Å². The number of carbonyl (C=O) groups is 1. The van der Waals surface area contributed by atoms with E-state index < -0.39 is 5.91 Å². The van der Waals surface area contributed by atoms with Crippen molar-refractivity contribution in [2.75, 3.05) is 24.3 Å². The molecule has 0 atom stereocenters. The van der Waals surface area contributed by atoms with Gasteiger partial charge in [-0.3, -0.25) is 9.59 Å². The molecule has 0 unspecified atom stereocenters. The van der Waals surface area contributed by atoms with E-state index in [1.807, 2.05) is 19.0 Å². The van der Waals surface area contributed by atoms with Crippen LogP contribution in [0.1, 0.15) is 10.6 Å². The number of hydrogen-bond donors (Lipinski definition) is 1. The monoisotopic (exact) mass is 309 g/mol. The third-order valence-electron chi connectivity index (χ3n) is 3.32. The normalized spacial score (nSPS) is 10.5. The van der Waals surface area contributed by atoms with E-state index in [0.717, 1.165) is 5.82 Å². The van der Waals surface area contributed by atoms with Crippen LogP contribution in [-0.4, -0.2) is 25.0 Å². The fraction of sp³-hybridized carbons (Fsp3) is 0.118. The average Bonchev–Trinajstić information content (AvgIpc) is 2.55. The first-order chi connectivity index (χ1) is 11.0. The average molecular weight is 309 g/mol. The van der Waals surface area contributed by atoms with Crippen molar-refractivity contribution in [2.45, 2.75) is 0 Å². The number of carbonyl (C=O) groups excluding carboxylic acids is 1. The van der Waals surface area contributed by atoms with Crippen molar-refractivity contribution >= 4 is 28.4 Å². The van der Waals surface area contributed by atoms with E-state index in [9.17, 15) is 9.59 Å². The van der Waals surface area contributed by atoms with E-state index >= 15 is 0 Å². The van der Waals surface area contributed by atoms with Crippen molar-refractivity contribution in [3.63, 3.8) is 0 Å². The Kier molecular flexibility index (Phi) is 3.80. The third-order valence-corrected chi connectivity index (χ3v) is 3.32. The molecule has 1 amide bonds. The molecule has 0 aliphatic heterocycles. The van der Waals surface area contributed by atoms with Gasteiger partial charge in [-0.15, -0.1) is 0 Å². The van der Waals surface area contributed by atoms with Gasteiger partial charge in [0, 0.05) is 20.2 Å². The lowest BCUT2D eigenvalue weighted by Crippen LogP contribution is -2.15. The minimum atomic E-state index is -0.493. The number of nitrogens with one attached hydrogen (secondary N) is 1. The Morgan fingerprint density at radius 3 is 2.65 bits per heavy atom. The molecule has 2 heterocycles. The Morgan fingerprint density at radius 2 is 1.96 bits per heavy atom. The molecule has 0 saturated heterocycles. The van der Waals surface area contributed by atoms with E-state index in [2.05, 4.69) is 10.3 Å². The highest BCUT2D eigenvalue weighted by molar-refractivity contribution is 6.02. The standard InChI is InChI=1S/C17H15N3O3/c1-20(2)16-8-7-11(10-18-16)19-17(22)15-9-13(21)12-5-3-4-6-14(12)23-15/h3-10H,1-2H3,(H,19,22). The van der Waals surface area contributed by atoms with Gasteiger partial charge < -0.3 is 14.6 Å². The zero-order valence-corrected chi connectivity index (χ0v) is 12.7. The molecule has 0 aliphatic carbocycles. The van der Waals surface area contributed by atoms with Crippen LogP contribution in [-0.2, 0) is 0 Å². The number of hydrogen-bond acceptors (Lipinski definition) is 5. The lowest BCUT2D eigenvalue weighted by molar-refractivity contribution is 0.0997. The van der Waals surface area contributed by atoms with Crippen molar-refractivity contribution in [3.05, 3.63) is 64.6 Å². The highest BCUT2D eigenvalue weighted by Gasteiger charge is 2.12. The second-order valence-electron chi connectivity index (χ2n) is 5.22. The topological polar surface area (TPSA) is 75.4 Å². The van der Waals surface area contributed by atoms with Gasteiger partial charge in [-0.2, -0.15) is 0 Å². The van der Waals surface area contributed by atoms with Gasteiger partial charge in [-0.25, -0.2) is 4.98 Å². The van der Waals surface area contributed by atoms with Crippen LogP contribution in [0, 0.1) is 0 Å². The van der Waals surface area contributed by atoms with Crippen molar-refractivity contribution in [3.8, 4) is 0 Å². The molecule has 0 radical (unpaired) electrons. The molecule has 3 aromatic rings. The molecule has 116 valence electrons. The highest BCUT2D eigenvalue weighted by atomic mass is 16.3. The minimum absolute atomic E-state index is 0.0367. The van der Waals surface area contributed by atoms with Crippen LogP contribution in [0.4, 0.5) is 11.5 Å². The maximum absolute atomic E-state index is 12.2. The van der Waals surface area contributed by atoms with Gasteiger partial charge in [-0.05, 0) is 24.3 Å². The summed E-state index contributed by atoms with van der Waals surface area (Å²) in [5, 5.41) is 3.11. The van der Waals surface area contributed by atoms with Gasteiger partial charge >= 0.3 is 0 Å². The van der Waals surface area contributed by atoms with Crippen molar-refractivity contribution in [1.29, 1.82) is 0 Å². The summed E-state index contributed by atoms with van der Waals surface area (Å²) in [5.74, 6) is 0.248. The summed E-state index contributed by atoms with van der Waals surface area (Å²) >= 11 is 0. The van der Waals surface area contributed by atoms with Crippen LogP contribution in [0.15, 0.2) is 57.9 Å². The summed E-state index contributed by atoms with van der Waals surface area (Å²) in [7, 11) is 3.76. The smallest absolute Gasteiger partial charge is 0.291 e. The molecule has 0 spiro atoms. The maximum Gasteiger partial charge on any atom is 0.291 e. The lowest BCUT2D eigenvalue weighted by atomic mass is 10.2. The molecular formula is C17H15N3O3. The molecule has 6 nitrogen and oxygen atoms in total. The summed E-state index contributed by atoms with van der Waals surface area (Å²) < 4.78 is 5.50. The Bertz CT molecular complexity index is 914. The number of anilines is 2. The van der Waals surface area contributed by atoms with Gasteiger partial charge in [0.25, 0.3) is 5.91 Å². The van der Waals surface area contributed by atoms with Gasteiger partial charge in [0.15, 0.2) is 11.2 Å². The summed E-state index contributed by atoms with van der Waals surface area (Å²) in [6, 6.07) is 11.5. The molecule has 6 heteroatoms. The number of benzene rings is 1. The van der Waals surface area contributed by atoms with E-state index in [0.29, 0.717) is 16.7 Å². The van der Waals surface area contributed by atoms with E-state index in [4.69, 9.17) is 4.42 Å². The number of rotatable bonds is 3. The molecule has 0 aliphatic rings. The van der Waals surface area contributed by atoms with Crippen LogP contribution < -0.4 is 15.6 Å². The summed E-state index contributed by atoms with van der Waals surface area (Å²) in [4.78, 5) is 30.3. The number of fused-ring (bicyclic) bond motifs is 1. The first-order valence-electron chi connectivity index (χ1n) is 7.02. The molecule has 0 fully saturated rings. The van der Waals surface area contributed by atoms with E-state index in [1.165, 1.54) is 6.07 Å². The second-order valence-corrected chi connectivity index (χ2v) is 5.22. The van der Waals surface area contributed by atoms with Gasteiger partial charge in [0.1, 0.15) is 11.4 Å². The summed E-state index contributed by atoms with van der Waals surface area (Å²) in [6.07, 6.45) is 1.55. The quantitative estimate of drug-likeness (QED) is 0.804. The molecule has 23 heavy (non-hydrogen) atoms. The molecule has 3 rings (SSSR count). The molecular weight excluding hydrogens is 294 g/mol. The minimum Gasteiger partial charge on any atom is -0.451 e. The first-order valence-corrected chi connectivity index (χ1v) is 7.02. The van der Waals surface area contributed by atoms with Crippen molar-refractivity contribution < 1.29 is 9.21 Å². The van der Waals surface area contributed by atoms with Crippen LogP contribution in [0.5, 0.6) is 0 Å². The van der Waals surface area contributed by atoms with Crippen LogP contribution in [0.25, 0.3) is 11.0 Å². The highest BCUT2D eigenvalue weighted by Crippen LogP contribution is 2.15. The van der Waals surface area contributed by atoms with Gasteiger partial charge in [0.2, 0.25) is 0 Å². The molecule has 1 N–H and O–H groups in total. The molecule has 0 saturated carbocycles. The Balaban J connectivity index is 1.87. The summed E-state index contributed by atoms with van der Waals surface area (Å²) in [5.41, 5.74) is 0.653. The SMILES string of the molecule is CN(C)c1ccc(NC(=O)c2cc(=O)c3ccccc3o2)cn1. The number of pyridine rings is 1. The number of amides is 1. The number of aromatic nitrogens is 1. The van der Waals surface area contributed by atoms with Gasteiger partial charge in [-0.1, -0.05) is 12.1 Å². The largest absolute Gasteiger partial charge is 0.451 e. The number of nitrogens with zero attached hydrogens (tertiary/aromatic N) is 2. The van der Waals surface area contributed by atoms with Crippen LogP contribution >= 0.6 is 0 Å². The number of para-hydroxylation sites is 1. The Morgan fingerprint density at radius 1 is 1.17 bits per heavy atom. The fourth-order valence-electron chi connectivity index (χ4n) is 2.13. The zero-order chi connectivity index (χ0) is 16.4. The second kappa shape index (κ2) is 5.92. The van der Waals surface area contributed by atoms with Crippen LogP contribution in [0.2, 0.25) is 0 Å². The lowest BCUT2D eigenvalue weighted by Gasteiger charge is -2.11. The third kappa shape index (κ3) is 3.06. The predicted molar refractivity (Wildman–Crippen MR) is 89.0 cm³/mol. The Hall–Kier alpha value is -3.15. The van der Waals surface area contributed by atoms with Gasteiger partial charge in [0.05, 0.1) is 17.3 Å². The maximum atomic E-state index is 12.2. The molecule has 2 aromatic heterocycles. The van der Waals surface area contributed by atoms with Crippen molar-refractivity contribution in [2.24, 2.45) is 0 Å². The molecule has 0 bridgehead atoms. The predicted octanol–water partition coefficient (Wildman–Crippen LogP) is 2.51. The summed E-state index contributed by atoms with van der Waals surface area (Å²) in [6.45, 7) is 0. The fourth-order valence-corrected chi connectivity index (χ4v) is 2.13. The zero-order valence-electron chi connectivity index (χ0n) is 12.7. The van der Waals surface area contributed by atoms with Crippen molar-refractivity contribution in [1.82, 2.24) is 4.98 Å². The Labute approximate surface area is 132 Å².